The van der Waals surface area contributed by atoms with Crippen LogP contribution in [0.5, 0.6) is 0 Å². The molecular formula is C13H14N4O. The van der Waals surface area contributed by atoms with Gasteiger partial charge in [-0.15, -0.1) is 0 Å². The van der Waals surface area contributed by atoms with Gasteiger partial charge in [-0.1, -0.05) is 0 Å². The second kappa shape index (κ2) is 5.27. The van der Waals surface area contributed by atoms with Crippen LogP contribution in [0.1, 0.15) is 16.1 Å². The molecule has 0 aliphatic rings. The van der Waals surface area contributed by atoms with Crippen molar-refractivity contribution in [1.29, 1.82) is 0 Å². The van der Waals surface area contributed by atoms with E-state index >= 15 is 0 Å². The Morgan fingerprint density at radius 2 is 2.06 bits per heavy atom. The van der Waals surface area contributed by atoms with Gasteiger partial charge >= 0.3 is 0 Å². The predicted molar refractivity (Wildman–Crippen MR) is 70.7 cm³/mol. The maximum absolute atomic E-state index is 12.1. The highest BCUT2D eigenvalue weighted by Gasteiger charge is 2.11. The van der Waals surface area contributed by atoms with E-state index in [0.29, 0.717) is 17.1 Å². The first-order valence-electron chi connectivity index (χ1n) is 5.57. The lowest BCUT2D eigenvalue weighted by Crippen LogP contribution is -2.14. The zero-order valence-corrected chi connectivity index (χ0v) is 10.3. The molecule has 0 aliphatic carbocycles. The van der Waals surface area contributed by atoms with Crippen LogP contribution in [0.15, 0.2) is 36.7 Å². The molecule has 5 nitrogen and oxygen atoms in total. The van der Waals surface area contributed by atoms with Gasteiger partial charge in [0.2, 0.25) is 0 Å². The standard InChI is InChI=1S/C13H14N4O/c1-9-5-6-10(8-16-9)17-13(18)11-4-3-7-15-12(11)14-2/h3-8H,1-2H3,(H,14,15)(H,17,18). The summed E-state index contributed by atoms with van der Waals surface area (Å²) in [6.07, 6.45) is 3.26. The molecule has 0 radical (unpaired) electrons. The molecule has 0 spiro atoms. The van der Waals surface area contributed by atoms with Crippen LogP contribution in [0.2, 0.25) is 0 Å². The van der Waals surface area contributed by atoms with Crippen molar-refractivity contribution in [2.24, 2.45) is 0 Å². The van der Waals surface area contributed by atoms with E-state index in [1.807, 2.05) is 19.1 Å². The van der Waals surface area contributed by atoms with Gasteiger partial charge in [-0.25, -0.2) is 4.98 Å². The molecule has 0 fully saturated rings. The van der Waals surface area contributed by atoms with Gasteiger partial charge in [-0.05, 0) is 31.2 Å². The summed E-state index contributed by atoms with van der Waals surface area (Å²) < 4.78 is 0. The third-order valence-electron chi connectivity index (χ3n) is 2.46. The molecule has 5 heteroatoms. The Labute approximate surface area is 105 Å². The summed E-state index contributed by atoms with van der Waals surface area (Å²) in [6.45, 7) is 1.89. The molecule has 2 aromatic rings. The molecule has 0 saturated heterocycles. The van der Waals surface area contributed by atoms with Crippen LogP contribution in [-0.4, -0.2) is 22.9 Å². The van der Waals surface area contributed by atoms with E-state index in [1.54, 1.807) is 31.6 Å². The first-order valence-corrected chi connectivity index (χ1v) is 5.57. The molecule has 92 valence electrons. The molecular weight excluding hydrogens is 228 g/mol. The molecule has 18 heavy (non-hydrogen) atoms. The molecule has 0 bridgehead atoms. The Kier molecular flexibility index (Phi) is 3.52. The smallest absolute Gasteiger partial charge is 0.259 e. The van der Waals surface area contributed by atoms with Crippen LogP contribution in [0.4, 0.5) is 11.5 Å². The van der Waals surface area contributed by atoms with E-state index in [1.165, 1.54) is 0 Å². The van der Waals surface area contributed by atoms with Crippen LogP contribution in [0.25, 0.3) is 0 Å². The number of pyridine rings is 2. The zero-order valence-electron chi connectivity index (χ0n) is 10.3. The lowest BCUT2D eigenvalue weighted by molar-refractivity contribution is 0.102. The first kappa shape index (κ1) is 12.0. The van der Waals surface area contributed by atoms with Gasteiger partial charge in [0.25, 0.3) is 5.91 Å². The third-order valence-corrected chi connectivity index (χ3v) is 2.46. The van der Waals surface area contributed by atoms with Crippen molar-refractivity contribution in [2.45, 2.75) is 6.92 Å². The topological polar surface area (TPSA) is 66.9 Å². The number of amides is 1. The minimum absolute atomic E-state index is 0.210. The van der Waals surface area contributed by atoms with Crippen LogP contribution < -0.4 is 10.6 Å². The van der Waals surface area contributed by atoms with E-state index in [0.717, 1.165) is 5.69 Å². The number of aryl methyl sites for hydroxylation is 1. The number of carbonyl (C=O) groups excluding carboxylic acids is 1. The Bertz CT molecular complexity index is 551. The zero-order chi connectivity index (χ0) is 13.0. The Hall–Kier alpha value is -2.43. The highest BCUT2D eigenvalue weighted by atomic mass is 16.1. The molecule has 2 heterocycles. The number of carbonyl (C=O) groups is 1. The fourth-order valence-electron chi connectivity index (χ4n) is 1.53. The number of nitrogens with one attached hydrogen (secondary N) is 2. The van der Waals surface area contributed by atoms with Crippen molar-refractivity contribution >= 4 is 17.4 Å². The average Bonchev–Trinajstić information content (AvgIpc) is 2.41. The number of hydrogen-bond donors (Lipinski definition) is 2. The summed E-state index contributed by atoms with van der Waals surface area (Å²) in [5.41, 5.74) is 2.07. The Morgan fingerprint density at radius 1 is 1.22 bits per heavy atom. The van der Waals surface area contributed by atoms with Crippen LogP contribution >= 0.6 is 0 Å². The molecule has 1 amide bonds. The van der Waals surface area contributed by atoms with Crippen molar-refractivity contribution in [3.63, 3.8) is 0 Å². The quantitative estimate of drug-likeness (QED) is 0.864. The summed E-state index contributed by atoms with van der Waals surface area (Å²) in [4.78, 5) is 20.3. The molecule has 0 unspecified atom stereocenters. The predicted octanol–water partition coefficient (Wildman–Crippen LogP) is 2.08. The molecule has 2 N–H and O–H groups in total. The van der Waals surface area contributed by atoms with Crippen LogP contribution in [-0.2, 0) is 0 Å². The fourth-order valence-corrected chi connectivity index (χ4v) is 1.53. The van der Waals surface area contributed by atoms with Gasteiger partial charge in [0.1, 0.15) is 5.82 Å². The Morgan fingerprint density at radius 3 is 2.72 bits per heavy atom. The van der Waals surface area contributed by atoms with Crippen molar-refractivity contribution in [3.8, 4) is 0 Å². The molecule has 0 aliphatic heterocycles. The highest BCUT2D eigenvalue weighted by molar-refractivity contribution is 6.07. The van der Waals surface area contributed by atoms with E-state index in [9.17, 15) is 4.79 Å². The second-order valence-electron chi connectivity index (χ2n) is 3.79. The summed E-state index contributed by atoms with van der Waals surface area (Å²) in [5.74, 6) is 0.341. The molecule has 0 aromatic carbocycles. The van der Waals surface area contributed by atoms with Crippen molar-refractivity contribution in [1.82, 2.24) is 9.97 Å². The van der Waals surface area contributed by atoms with E-state index in [-0.39, 0.29) is 5.91 Å². The third kappa shape index (κ3) is 2.63. The monoisotopic (exact) mass is 242 g/mol. The largest absolute Gasteiger partial charge is 0.372 e. The minimum Gasteiger partial charge on any atom is -0.372 e. The molecule has 2 rings (SSSR count). The maximum Gasteiger partial charge on any atom is 0.259 e. The first-order chi connectivity index (χ1) is 8.70. The van der Waals surface area contributed by atoms with Crippen LogP contribution in [0, 0.1) is 6.92 Å². The van der Waals surface area contributed by atoms with Gasteiger partial charge in [0, 0.05) is 18.9 Å². The van der Waals surface area contributed by atoms with Gasteiger partial charge in [0.15, 0.2) is 0 Å². The van der Waals surface area contributed by atoms with E-state index in [2.05, 4.69) is 20.6 Å². The number of hydrogen-bond acceptors (Lipinski definition) is 4. The van der Waals surface area contributed by atoms with E-state index < -0.39 is 0 Å². The lowest BCUT2D eigenvalue weighted by atomic mass is 10.2. The van der Waals surface area contributed by atoms with Crippen molar-refractivity contribution < 1.29 is 4.79 Å². The average molecular weight is 242 g/mol. The number of nitrogens with zero attached hydrogens (tertiary/aromatic N) is 2. The van der Waals surface area contributed by atoms with Crippen molar-refractivity contribution in [2.75, 3.05) is 17.7 Å². The fraction of sp³-hybridized carbons (Fsp3) is 0.154. The SMILES string of the molecule is CNc1ncccc1C(=O)Nc1ccc(C)nc1. The maximum atomic E-state index is 12.1. The van der Waals surface area contributed by atoms with Crippen molar-refractivity contribution in [3.05, 3.63) is 47.9 Å². The minimum atomic E-state index is -0.210. The second-order valence-corrected chi connectivity index (χ2v) is 3.79. The van der Waals surface area contributed by atoms with Gasteiger partial charge < -0.3 is 10.6 Å². The van der Waals surface area contributed by atoms with E-state index in [4.69, 9.17) is 0 Å². The normalized spacial score (nSPS) is 9.89. The molecule has 0 atom stereocenters. The summed E-state index contributed by atoms with van der Waals surface area (Å²) >= 11 is 0. The summed E-state index contributed by atoms with van der Waals surface area (Å²) in [6, 6.07) is 7.10. The lowest BCUT2D eigenvalue weighted by Gasteiger charge is -2.08. The van der Waals surface area contributed by atoms with Crippen LogP contribution in [0.3, 0.4) is 0 Å². The summed E-state index contributed by atoms with van der Waals surface area (Å²) in [5, 5.41) is 5.66. The summed E-state index contributed by atoms with van der Waals surface area (Å²) in [7, 11) is 1.73. The van der Waals surface area contributed by atoms with Gasteiger partial charge in [-0.2, -0.15) is 0 Å². The molecule has 0 saturated carbocycles. The van der Waals surface area contributed by atoms with Gasteiger partial charge in [-0.3, -0.25) is 9.78 Å². The highest BCUT2D eigenvalue weighted by Crippen LogP contribution is 2.13. The van der Waals surface area contributed by atoms with Gasteiger partial charge in [0.05, 0.1) is 17.4 Å². The Balaban J connectivity index is 2.19. The number of aromatic nitrogens is 2. The molecule has 2 aromatic heterocycles. The number of anilines is 2. The number of rotatable bonds is 3.